The zero-order valence-electron chi connectivity index (χ0n) is 18.2. The lowest BCUT2D eigenvalue weighted by Crippen LogP contribution is -2.47. The average molecular weight is 415 g/mol. The first-order chi connectivity index (χ1) is 14.0. The Morgan fingerprint density at radius 2 is 1.90 bits per heavy atom. The zero-order chi connectivity index (χ0) is 22.2. The lowest BCUT2D eigenvalue weighted by Gasteiger charge is -2.53. The number of hydrazone groups is 1. The molecule has 0 saturated heterocycles. The number of allylic oxidation sites excluding steroid dienone is 2. The molecule has 0 aromatic heterocycles. The highest BCUT2D eigenvalue weighted by Gasteiger charge is 2.49. The van der Waals surface area contributed by atoms with Gasteiger partial charge in [0.25, 0.3) is 5.69 Å². The lowest BCUT2D eigenvalue weighted by atomic mass is 9.51. The van der Waals surface area contributed by atoms with E-state index < -0.39 is 9.85 Å². The molecule has 2 aliphatic carbocycles. The van der Waals surface area contributed by atoms with Gasteiger partial charge in [0, 0.05) is 18.2 Å². The summed E-state index contributed by atoms with van der Waals surface area (Å²) in [4.78, 5) is 21.0. The van der Waals surface area contributed by atoms with E-state index in [0.717, 1.165) is 12.5 Å². The summed E-state index contributed by atoms with van der Waals surface area (Å²) in [6.07, 6.45) is 6.68. The molecule has 8 nitrogen and oxygen atoms in total. The minimum atomic E-state index is -0.648. The lowest BCUT2D eigenvalue weighted by molar-refractivity contribution is -0.393. The highest BCUT2D eigenvalue weighted by molar-refractivity contribution is 5.69. The molecular weight excluding hydrogens is 384 g/mol. The largest absolute Gasteiger partial charge is 0.301 e. The van der Waals surface area contributed by atoms with Crippen LogP contribution in [0.5, 0.6) is 0 Å². The summed E-state index contributed by atoms with van der Waals surface area (Å²) in [5.74, 6) is 2.22. The maximum Gasteiger partial charge on any atom is 0.301 e. The standard InChI is InChI=1S/C22H30N4O4/c1-13-8-14(2)21-18(16(4)15(3)11-22(21,5)10-13)12-23-24-19-7-6-17(25(27)28)9-20(19)26(29)30/h6-7,9,11-14,16,18,21,24H,8,10H2,1-5H3/b23-12+/t13-,14+,16-,18-,21+,22+/m0/s1. The molecule has 1 fully saturated rings. The van der Waals surface area contributed by atoms with Crippen LogP contribution in [0.1, 0.15) is 47.5 Å². The van der Waals surface area contributed by atoms with E-state index in [0.29, 0.717) is 23.7 Å². The van der Waals surface area contributed by atoms with Crippen LogP contribution in [-0.4, -0.2) is 16.1 Å². The fraction of sp³-hybridized carbons (Fsp3) is 0.591. The number of hydrogen-bond acceptors (Lipinski definition) is 6. The van der Waals surface area contributed by atoms with Crippen LogP contribution in [0.3, 0.4) is 0 Å². The van der Waals surface area contributed by atoms with Gasteiger partial charge in [-0.1, -0.05) is 39.3 Å². The van der Waals surface area contributed by atoms with Gasteiger partial charge in [0.15, 0.2) is 0 Å². The van der Waals surface area contributed by atoms with Crippen molar-refractivity contribution in [1.82, 2.24) is 0 Å². The first kappa shape index (κ1) is 21.9. The Morgan fingerprint density at radius 3 is 2.53 bits per heavy atom. The number of fused-ring (bicyclic) bond motifs is 1. The number of nitrogens with zero attached hydrogens (tertiary/aromatic N) is 3. The summed E-state index contributed by atoms with van der Waals surface area (Å²) >= 11 is 0. The summed E-state index contributed by atoms with van der Waals surface area (Å²) < 4.78 is 0. The molecule has 1 N–H and O–H groups in total. The molecule has 0 unspecified atom stereocenters. The molecule has 3 rings (SSSR count). The maximum atomic E-state index is 11.3. The molecule has 0 amide bonds. The molecule has 0 bridgehead atoms. The SMILES string of the molecule is CC1=C[C@@]2(C)C[C@@H](C)C[C@@H](C)[C@@H]2[C@@H](/C=N/Nc2ccc([N+](=O)[O-])cc2[N+](=O)[O-])[C@H]1C. The van der Waals surface area contributed by atoms with Crippen LogP contribution >= 0.6 is 0 Å². The van der Waals surface area contributed by atoms with Crippen LogP contribution in [0.25, 0.3) is 0 Å². The van der Waals surface area contributed by atoms with Crippen LogP contribution < -0.4 is 5.43 Å². The Bertz CT molecular complexity index is 912. The highest BCUT2D eigenvalue weighted by atomic mass is 16.6. The van der Waals surface area contributed by atoms with Crippen LogP contribution in [0.4, 0.5) is 17.1 Å². The van der Waals surface area contributed by atoms with Gasteiger partial charge in [-0.25, -0.2) is 0 Å². The molecule has 0 radical (unpaired) electrons. The van der Waals surface area contributed by atoms with Crippen LogP contribution in [0.2, 0.25) is 0 Å². The average Bonchev–Trinajstić information content (AvgIpc) is 2.64. The molecule has 1 aromatic carbocycles. The topological polar surface area (TPSA) is 111 Å². The van der Waals surface area contributed by atoms with Crippen molar-refractivity contribution in [3.8, 4) is 0 Å². The van der Waals surface area contributed by atoms with Crippen molar-refractivity contribution in [2.24, 2.45) is 40.1 Å². The van der Waals surface area contributed by atoms with Crippen LogP contribution in [-0.2, 0) is 0 Å². The van der Waals surface area contributed by atoms with E-state index >= 15 is 0 Å². The van der Waals surface area contributed by atoms with Gasteiger partial charge in [0.2, 0.25) is 0 Å². The summed E-state index contributed by atoms with van der Waals surface area (Å²) in [5.41, 5.74) is 3.69. The first-order valence-electron chi connectivity index (χ1n) is 10.4. The minimum absolute atomic E-state index is 0.115. The van der Waals surface area contributed by atoms with Gasteiger partial charge in [-0.05, 0) is 54.9 Å². The van der Waals surface area contributed by atoms with Gasteiger partial charge < -0.3 is 0 Å². The van der Waals surface area contributed by atoms with Crippen molar-refractivity contribution in [1.29, 1.82) is 0 Å². The quantitative estimate of drug-likeness (QED) is 0.283. The third-order valence-corrected chi connectivity index (χ3v) is 7.03. The molecule has 1 saturated carbocycles. The summed E-state index contributed by atoms with van der Waals surface area (Å²) in [7, 11) is 0. The van der Waals surface area contributed by atoms with Crippen molar-refractivity contribution >= 4 is 23.3 Å². The number of benzene rings is 1. The summed E-state index contributed by atoms with van der Waals surface area (Å²) in [6.45, 7) is 11.4. The number of nitro groups is 2. The van der Waals surface area contributed by atoms with Crippen LogP contribution in [0, 0.1) is 55.2 Å². The smallest absolute Gasteiger partial charge is 0.272 e. The first-order valence-corrected chi connectivity index (χ1v) is 10.4. The minimum Gasteiger partial charge on any atom is -0.272 e. The number of nitro benzene ring substituents is 2. The van der Waals surface area contributed by atoms with Crippen molar-refractivity contribution in [2.75, 3.05) is 5.43 Å². The van der Waals surface area contributed by atoms with Crippen molar-refractivity contribution in [3.05, 3.63) is 50.1 Å². The molecular formula is C22H30N4O4. The summed E-state index contributed by atoms with van der Waals surface area (Å²) in [5, 5.41) is 26.6. The van der Waals surface area contributed by atoms with Gasteiger partial charge >= 0.3 is 5.69 Å². The van der Waals surface area contributed by atoms with E-state index in [9.17, 15) is 20.2 Å². The number of nitrogens with one attached hydrogen (secondary N) is 1. The fourth-order valence-corrected chi connectivity index (χ4v) is 5.94. The van der Waals surface area contributed by atoms with Crippen molar-refractivity contribution < 1.29 is 9.85 Å². The van der Waals surface area contributed by atoms with Gasteiger partial charge in [0.1, 0.15) is 5.69 Å². The van der Waals surface area contributed by atoms with Gasteiger partial charge in [-0.2, -0.15) is 5.10 Å². The van der Waals surface area contributed by atoms with Gasteiger partial charge in [-0.15, -0.1) is 0 Å². The van der Waals surface area contributed by atoms with E-state index in [1.165, 1.54) is 24.1 Å². The van der Waals surface area contributed by atoms with Gasteiger partial charge in [-0.3, -0.25) is 25.7 Å². The van der Waals surface area contributed by atoms with Crippen molar-refractivity contribution in [3.63, 3.8) is 0 Å². The van der Waals surface area contributed by atoms with E-state index in [2.05, 4.69) is 51.2 Å². The second-order valence-corrected chi connectivity index (χ2v) is 9.41. The number of rotatable bonds is 5. The molecule has 0 spiro atoms. The fourth-order valence-electron chi connectivity index (χ4n) is 5.94. The molecule has 30 heavy (non-hydrogen) atoms. The normalized spacial score (nSPS) is 33.6. The molecule has 6 atom stereocenters. The molecule has 8 heteroatoms. The summed E-state index contributed by atoms with van der Waals surface area (Å²) in [6, 6.07) is 3.52. The Kier molecular flexibility index (Phi) is 5.97. The molecule has 2 aliphatic rings. The Morgan fingerprint density at radius 1 is 1.20 bits per heavy atom. The molecule has 1 aromatic rings. The van der Waals surface area contributed by atoms with E-state index in [1.807, 2.05) is 6.21 Å². The Labute approximate surface area is 176 Å². The predicted molar refractivity (Wildman–Crippen MR) is 117 cm³/mol. The third-order valence-electron chi connectivity index (χ3n) is 7.03. The number of anilines is 1. The van der Waals surface area contributed by atoms with E-state index in [4.69, 9.17) is 0 Å². The van der Waals surface area contributed by atoms with Crippen molar-refractivity contribution in [2.45, 2.75) is 47.5 Å². The van der Waals surface area contributed by atoms with Crippen LogP contribution in [0.15, 0.2) is 34.9 Å². The molecule has 0 heterocycles. The molecule has 162 valence electrons. The molecule has 0 aliphatic heterocycles. The second kappa shape index (κ2) is 8.16. The predicted octanol–water partition coefficient (Wildman–Crippen LogP) is 5.80. The second-order valence-electron chi connectivity index (χ2n) is 9.41. The number of non-ortho nitro benzene ring substituents is 1. The Balaban J connectivity index is 1.87. The highest BCUT2D eigenvalue weighted by Crippen LogP contribution is 2.56. The van der Waals surface area contributed by atoms with E-state index in [-0.39, 0.29) is 28.4 Å². The number of hydrogen-bond donors (Lipinski definition) is 1. The Hall–Kier alpha value is -2.77. The van der Waals surface area contributed by atoms with E-state index in [1.54, 1.807) is 0 Å². The third kappa shape index (κ3) is 4.08. The monoisotopic (exact) mass is 414 g/mol. The zero-order valence-corrected chi connectivity index (χ0v) is 18.2. The maximum absolute atomic E-state index is 11.3. The van der Waals surface area contributed by atoms with Gasteiger partial charge in [0.05, 0.1) is 15.9 Å².